The molecular weight excluding hydrogens is 576 g/mol. The zero-order valence-electron chi connectivity index (χ0n) is 25.3. The Kier molecular flexibility index (Phi) is 7.92. The lowest BCUT2D eigenvalue weighted by atomic mass is 9.56. The first-order chi connectivity index (χ1) is 19.7. The molecule has 14 heteroatoms. The van der Waals surface area contributed by atoms with Gasteiger partial charge < -0.3 is 42.3 Å². The van der Waals surface area contributed by atoms with Crippen molar-refractivity contribution >= 4 is 53.1 Å². The number of nitrogens with one attached hydrogen (secondary N) is 2. The number of primary amides is 1. The highest BCUT2D eigenvalue weighted by atomic mass is 32.1. The summed E-state index contributed by atoms with van der Waals surface area (Å²) in [6.07, 6.45) is -0.146. The molecule has 0 aliphatic heterocycles. The number of aliphatic hydroxyl groups excluding tert-OH is 2. The molecule has 0 saturated heterocycles. The summed E-state index contributed by atoms with van der Waals surface area (Å²) in [6, 6.07) is 0.463. The number of ketones is 2. The fraction of sp³-hybridized carbons (Fsp3) is 0.517. The second kappa shape index (κ2) is 10.5. The van der Waals surface area contributed by atoms with Crippen LogP contribution in [-0.4, -0.2) is 100 Å². The Hall–Kier alpha value is -3.59. The van der Waals surface area contributed by atoms with Gasteiger partial charge in [0.2, 0.25) is 5.91 Å². The van der Waals surface area contributed by atoms with Crippen molar-refractivity contribution in [3.05, 3.63) is 34.1 Å². The van der Waals surface area contributed by atoms with E-state index < -0.39 is 68.5 Å². The second-order valence-corrected chi connectivity index (χ2v) is 13.7. The van der Waals surface area contributed by atoms with Crippen molar-refractivity contribution in [3.8, 4) is 5.75 Å². The van der Waals surface area contributed by atoms with Crippen molar-refractivity contribution in [2.75, 3.05) is 45.0 Å². The van der Waals surface area contributed by atoms with E-state index in [0.717, 1.165) is 0 Å². The third kappa shape index (κ3) is 5.05. The Labute approximate surface area is 255 Å². The first-order valence-corrected chi connectivity index (χ1v) is 14.2. The lowest BCUT2D eigenvalue weighted by Gasteiger charge is -2.54. The summed E-state index contributed by atoms with van der Waals surface area (Å²) in [4.78, 5) is 56.0. The number of aliphatic hydroxyl groups is 2. The topological polar surface area (TPSA) is 212 Å². The van der Waals surface area contributed by atoms with Gasteiger partial charge in [-0.1, -0.05) is 0 Å². The number of carbonyl (C=O) groups excluding carboxylic acids is 4. The van der Waals surface area contributed by atoms with Gasteiger partial charge in [0, 0.05) is 31.2 Å². The number of hydrogen-bond acceptors (Lipinski definition) is 12. The third-order valence-corrected chi connectivity index (χ3v) is 9.12. The van der Waals surface area contributed by atoms with Crippen LogP contribution in [0.2, 0.25) is 0 Å². The Balaban J connectivity index is 1.94. The number of phenols is 1. The van der Waals surface area contributed by atoms with Gasteiger partial charge in [0.1, 0.15) is 27.6 Å². The maximum atomic E-state index is 14.3. The normalized spacial score (nSPS) is 27.1. The van der Waals surface area contributed by atoms with Crippen molar-refractivity contribution in [2.24, 2.45) is 17.4 Å². The molecule has 3 aliphatic rings. The van der Waals surface area contributed by atoms with Crippen molar-refractivity contribution in [1.29, 1.82) is 0 Å². The lowest BCUT2D eigenvalue weighted by molar-refractivity contribution is -0.131. The number of Topliss-reactive ketones (excluding diaryl/α,β-unsaturated/α-hetero) is 2. The summed E-state index contributed by atoms with van der Waals surface area (Å²) < 4.78 is -2.14. The molecule has 1 saturated carbocycles. The number of amides is 2. The molecule has 0 bridgehead atoms. The number of nitrogens with zero attached hydrogens (tertiary/aromatic N) is 2. The van der Waals surface area contributed by atoms with Gasteiger partial charge in [-0.2, -0.15) is 12.6 Å². The number of aromatic hydroxyl groups is 1. The minimum Gasteiger partial charge on any atom is -0.509 e. The summed E-state index contributed by atoms with van der Waals surface area (Å²) in [5, 5.41) is 40.0. The number of benzene rings is 1. The fourth-order valence-electron chi connectivity index (χ4n) is 6.43. The van der Waals surface area contributed by atoms with E-state index in [0.29, 0.717) is 11.3 Å². The molecule has 4 atom stereocenters. The number of carbonyl (C=O) groups is 4. The first-order valence-electron chi connectivity index (χ1n) is 13.7. The van der Waals surface area contributed by atoms with E-state index in [2.05, 4.69) is 23.3 Å². The van der Waals surface area contributed by atoms with E-state index in [1.54, 1.807) is 39.2 Å². The summed E-state index contributed by atoms with van der Waals surface area (Å²) in [7, 11) is 6.64. The van der Waals surface area contributed by atoms with E-state index in [-0.39, 0.29) is 41.7 Å². The Morgan fingerprint density at radius 3 is 2.26 bits per heavy atom. The summed E-state index contributed by atoms with van der Waals surface area (Å²) >= 11 is 4.59. The van der Waals surface area contributed by atoms with E-state index in [9.17, 15) is 34.5 Å². The standard InChI is InChI=1S/C29H40N6O7S/c1-27(2,3)32-11-16(36)33-14-8-15(34(4)5)12-9-28(31)10-13-20(35(6)7)23(39)18(26(30)42)24(40)29(13,43)25(41)19(28)22(38)17(12)21(14)37/h8,13,20,32,37-38,40,43H,9-11,31H2,1-7H3,(H2,30,42)(H,33,36)/t13-,20?,28+,29+/m0/s1. The molecule has 0 heterocycles. The van der Waals surface area contributed by atoms with Crippen LogP contribution in [0.15, 0.2) is 23.0 Å². The van der Waals surface area contributed by atoms with Crippen molar-refractivity contribution < 1.29 is 34.5 Å². The highest BCUT2D eigenvalue weighted by Gasteiger charge is 2.66. The molecular formula is C29H40N6O7S. The van der Waals surface area contributed by atoms with E-state index in [1.165, 1.54) is 4.90 Å². The number of thiol groups is 1. The van der Waals surface area contributed by atoms with E-state index in [1.807, 2.05) is 20.8 Å². The maximum absolute atomic E-state index is 14.3. The van der Waals surface area contributed by atoms with Crippen molar-refractivity contribution in [2.45, 2.75) is 55.5 Å². The predicted molar refractivity (Wildman–Crippen MR) is 165 cm³/mol. The third-order valence-electron chi connectivity index (χ3n) is 8.37. The molecule has 43 heavy (non-hydrogen) atoms. The SMILES string of the molecule is CN(C)c1cc(NC(=O)CNC(C)(C)C)c(O)c2c1C[C@@]1(N)C[C@H]3C(N(C)C)C(=O)C(C(N)=O)=C(O)[C@@]3(S)C(=O)C1=C2O. The number of phenolic OH excluding ortho intramolecular Hbond substituents is 1. The van der Waals surface area contributed by atoms with Crippen molar-refractivity contribution in [3.63, 3.8) is 0 Å². The Morgan fingerprint density at radius 1 is 1.14 bits per heavy atom. The largest absolute Gasteiger partial charge is 0.509 e. The summed E-state index contributed by atoms with van der Waals surface area (Å²) in [5.74, 6) is -6.42. The van der Waals surface area contributed by atoms with Gasteiger partial charge in [0.15, 0.2) is 11.6 Å². The van der Waals surface area contributed by atoms with Gasteiger partial charge in [-0.3, -0.25) is 24.1 Å². The van der Waals surface area contributed by atoms with Crippen LogP contribution < -0.4 is 27.0 Å². The zero-order valence-corrected chi connectivity index (χ0v) is 26.2. The van der Waals surface area contributed by atoms with Gasteiger partial charge in [-0.25, -0.2) is 0 Å². The van der Waals surface area contributed by atoms with Crippen molar-refractivity contribution in [1.82, 2.24) is 10.2 Å². The minimum atomic E-state index is -2.14. The summed E-state index contributed by atoms with van der Waals surface area (Å²) in [6.45, 7) is 5.63. The van der Waals surface area contributed by atoms with Crippen LogP contribution >= 0.6 is 12.6 Å². The van der Waals surface area contributed by atoms with Crippen LogP contribution in [0.25, 0.3) is 5.76 Å². The molecule has 0 radical (unpaired) electrons. The van der Waals surface area contributed by atoms with E-state index in [4.69, 9.17) is 11.5 Å². The molecule has 0 spiro atoms. The van der Waals surface area contributed by atoms with Crippen LogP contribution in [0.5, 0.6) is 5.75 Å². The fourth-order valence-corrected chi connectivity index (χ4v) is 6.89. The average molecular weight is 617 g/mol. The van der Waals surface area contributed by atoms with Gasteiger partial charge in [-0.05, 0) is 59.3 Å². The smallest absolute Gasteiger partial charge is 0.255 e. The highest BCUT2D eigenvalue weighted by Crippen LogP contribution is 2.57. The van der Waals surface area contributed by atoms with Gasteiger partial charge in [0.05, 0.1) is 34.9 Å². The number of likely N-dealkylation sites (N-methyl/N-ethyl adjacent to an activating group) is 1. The highest BCUT2D eigenvalue weighted by molar-refractivity contribution is 7.83. The van der Waals surface area contributed by atoms with Gasteiger partial charge >= 0.3 is 0 Å². The molecule has 1 aromatic carbocycles. The van der Waals surface area contributed by atoms with Gasteiger partial charge in [0.25, 0.3) is 5.91 Å². The number of nitrogens with two attached hydrogens (primary N) is 2. The molecule has 0 aromatic heterocycles. The number of anilines is 2. The lowest BCUT2D eigenvalue weighted by Crippen LogP contribution is -2.68. The van der Waals surface area contributed by atoms with Crippen LogP contribution in [-0.2, 0) is 25.6 Å². The molecule has 3 aliphatic carbocycles. The van der Waals surface area contributed by atoms with Crippen LogP contribution in [0.3, 0.4) is 0 Å². The van der Waals surface area contributed by atoms with Gasteiger partial charge in [-0.15, -0.1) is 0 Å². The Bertz CT molecular complexity index is 1510. The molecule has 1 fully saturated rings. The molecule has 4 rings (SSSR count). The Morgan fingerprint density at radius 2 is 1.74 bits per heavy atom. The number of hydrogen-bond donors (Lipinski definition) is 8. The molecule has 13 nitrogen and oxygen atoms in total. The zero-order chi connectivity index (χ0) is 32.6. The molecule has 234 valence electrons. The maximum Gasteiger partial charge on any atom is 0.255 e. The number of rotatable bonds is 6. The van der Waals surface area contributed by atoms with E-state index >= 15 is 0 Å². The quantitative estimate of drug-likeness (QED) is 0.124. The monoisotopic (exact) mass is 616 g/mol. The van der Waals surface area contributed by atoms with Crippen LogP contribution in [0, 0.1) is 5.92 Å². The average Bonchev–Trinajstić information content (AvgIpc) is 2.85. The first kappa shape index (κ1) is 32.3. The van der Waals surface area contributed by atoms with Crippen LogP contribution in [0.4, 0.5) is 11.4 Å². The summed E-state index contributed by atoms with van der Waals surface area (Å²) in [5.41, 5.74) is 10.2. The van der Waals surface area contributed by atoms with Crippen LogP contribution in [0.1, 0.15) is 38.3 Å². The molecule has 1 aromatic rings. The molecule has 2 amide bonds. The molecule has 1 unspecified atom stereocenters. The molecule has 9 N–H and O–H groups in total. The minimum absolute atomic E-state index is 0.00348. The second-order valence-electron chi connectivity index (χ2n) is 13.0. The number of fused-ring (bicyclic) bond motifs is 3. The predicted octanol–water partition coefficient (Wildman–Crippen LogP) is 0.375.